The van der Waals surface area contributed by atoms with E-state index >= 15 is 0 Å². The van der Waals surface area contributed by atoms with Crippen LogP contribution in [0.25, 0.3) is 11.3 Å². The van der Waals surface area contributed by atoms with Gasteiger partial charge in [0.25, 0.3) is 0 Å². The van der Waals surface area contributed by atoms with E-state index < -0.39 is 5.97 Å². The first-order chi connectivity index (χ1) is 11.5. The van der Waals surface area contributed by atoms with Gasteiger partial charge in [0.05, 0.1) is 16.3 Å². The first kappa shape index (κ1) is 16.8. The second kappa shape index (κ2) is 7.21. The average molecular weight is 380 g/mol. The molecule has 0 fully saturated rings. The molecule has 7 heteroatoms. The number of aromatic carboxylic acids is 1. The van der Waals surface area contributed by atoms with E-state index in [1.165, 1.54) is 23.5 Å². The Morgan fingerprint density at radius 3 is 2.83 bits per heavy atom. The molecule has 0 saturated carbocycles. The van der Waals surface area contributed by atoms with Gasteiger partial charge in [-0.15, -0.1) is 11.3 Å². The number of benzene rings is 2. The molecule has 0 atom stereocenters. The second-order valence-corrected chi connectivity index (χ2v) is 6.66. The number of thiazole rings is 1. The lowest BCUT2D eigenvalue weighted by Gasteiger charge is -2.05. The van der Waals surface area contributed by atoms with Crippen LogP contribution in [-0.4, -0.2) is 16.1 Å². The normalized spacial score (nSPS) is 10.6. The van der Waals surface area contributed by atoms with Crippen molar-refractivity contribution in [2.75, 3.05) is 0 Å². The number of aromatic nitrogens is 1. The Labute approximate surface area is 152 Å². The molecule has 0 saturated heterocycles. The van der Waals surface area contributed by atoms with Gasteiger partial charge in [0, 0.05) is 16.0 Å². The number of carboxylic acid groups (broad SMARTS) is 1. The van der Waals surface area contributed by atoms with Crippen LogP contribution in [-0.2, 0) is 6.61 Å². The molecule has 0 aliphatic heterocycles. The van der Waals surface area contributed by atoms with Crippen molar-refractivity contribution in [2.45, 2.75) is 6.61 Å². The fourth-order valence-electron chi connectivity index (χ4n) is 2.06. The van der Waals surface area contributed by atoms with Gasteiger partial charge in [0.2, 0.25) is 0 Å². The number of carbonyl (C=O) groups is 1. The molecular weight excluding hydrogens is 369 g/mol. The molecule has 3 rings (SSSR count). The van der Waals surface area contributed by atoms with Gasteiger partial charge < -0.3 is 9.84 Å². The highest BCUT2D eigenvalue weighted by Crippen LogP contribution is 2.31. The molecule has 0 bridgehead atoms. The van der Waals surface area contributed by atoms with Crippen LogP contribution in [0.15, 0.2) is 47.8 Å². The Kier molecular flexibility index (Phi) is 5.04. The number of carboxylic acids is 1. The molecule has 0 radical (unpaired) electrons. The summed E-state index contributed by atoms with van der Waals surface area (Å²) in [5, 5.41) is 12.8. The van der Waals surface area contributed by atoms with Gasteiger partial charge in [-0.05, 0) is 36.4 Å². The Bertz CT molecular complexity index is 895. The maximum absolute atomic E-state index is 11.0. The molecule has 3 aromatic rings. The smallest absolute Gasteiger partial charge is 0.335 e. The molecule has 0 spiro atoms. The lowest BCUT2D eigenvalue weighted by Crippen LogP contribution is -1.99. The molecule has 1 N–H and O–H groups in total. The minimum absolute atomic E-state index is 0.179. The summed E-state index contributed by atoms with van der Waals surface area (Å²) in [6.45, 7) is 0.242. The molecule has 1 heterocycles. The van der Waals surface area contributed by atoms with E-state index in [9.17, 15) is 4.79 Å². The number of hydrogen-bond donors (Lipinski definition) is 1. The van der Waals surface area contributed by atoms with Crippen molar-refractivity contribution in [3.63, 3.8) is 0 Å². The van der Waals surface area contributed by atoms with Gasteiger partial charge in [-0.3, -0.25) is 0 Å². The Morgan fingerprint density at radius 1 is 1.21 bits per heavy atom. The van der Waals surface area contributed by atoms with E-state index in [0.29, 0.717) is 15.8 Å². The molecule has 0 unspecified atom stereocenters. The van der Waals surface area contributed by atoms with Gasteiger partial charge >= 0.3 is 5.97 Å². The number of ether oxygens (including phenoxy) is 1. The van der Waals surface area contributed by atoms with Crippen molar-refractivity contribution in [1.29, 1.82) is 0 Å². The summed E-state index contributed by atoms with van der Waals surface area (Å²) in [6.07, 6.45) is 0. The number of halogens is 2. The molecule has 0 amide bonds. The van der Waals surface area contributed by atoms with E-state index in [0.717, 1.165) is 16.3 Å². The highest BCUT2D eigenvalue weighted by molar-refractivity contribution is 7.09. The first-order valence-electron chi connectivity index (χ1n) is 6.89. The van der Waals surface area contributed by atoms with E-state index in [4.69, 9.17) is 33.0 Å². The van der Waals surface area contributed by atoms with Crippen molar-refractivity contribution in [3.8, 4) is 17.0 Å². The summed E-state index contributed by atoms with van der Waals surface area (Å²) in [6, 6.07) is 11.5. The van der Waals surface area contributed by atoms with Crippen LogP contribution in [0.2, 0.25) is 10.0 Å². The summed E-state index contributed by atoms with van der Waals surface area (Å²) in [5.74, 6) is -0.514. The third-order valence-corrected chi connectivity index (χ3v) is 4.59. The quantitative estimate of drug-likeness (QED) is 0.644. The van der Waals surface area contributed by atoms with Gasteiger partial charge in [-0.25, -0.2) is 9.78 Å². The fraction of sp³-hybridized carbons (Fsp3) is 0.0588. The highest BCUT2D eigenvalue weighted by Gasteiger charge is 2.10. The SMILES string of the molecule is O=C(O)c1cccc(OCc2nc(-c3cc(Cl)ccc3Cl)cs2)c1. The minimum Gasteiger partial charge on any atom is -0.486 e. The lowest BCUT2D eigenvalue weighted by molar-refractivity contribution is 0.0696. The van der Waals surface area contributed by atoms with Crippen molar-refractivity contribution in [1.82, 2.24) is 4.98 Å². The number of rotatable bonds is 5. The van der Waals surface area contributed by atoms with Crippen molar-refractivity contribution in [2.24, 2.45) is 0 Å². The third-order valence-electron chi connectivity index (χ3n) is 3.20. The molecule has 24 heavy (non-hydrogen) atoms. The van der Waals surface area contributed by atoms with E-state index in [1.54, 1.807) is 30.3 Å². The molecule has 0 aliphatic rings. The Morgan fingerprint density at radius 2 is 2.04 bits per heavy atom. The van der Waals surface area contributed by atoms with Crippen LogP contribution in [0.3, 0.4) is 0 Å². The average Bonchev–Trinajstić information content (AvgIpc) is 3.04. The van der Waals surface area contributed by atoms with Crippen LogP contribution >= 0.6 is 34.5 Å². The minimum atomic E-state index is -0.993. The predicted molar refractivity (Wildman–Crippen MR) is 95.3 cm³/mol. The molecular formula is C17H11Cl2NO3S. The largest absolute Gasteiger partial charge is 0.486 e. The zero-order chi connectivity index (χ0) is 17.1. The summed E-state index contributed by atoms with van der Waals surface area (Å²) in [4.78, 5) is 15.4. The van der Waals surface area contributed by atoms with Crippen LogP contribution in [0.5, 0.6) is 5.75 Å². The van der Waals surface area contributed by atoms with E-state index in [-0.39, 0.29) is 12.2 Å². The van der Waals surface area contributed by atoms with Crippen LogP contribution in [0, 0.1) is 0 Å². The Balaban J connectivity index is 1.74. The molecule has 0 aliphatic carbocycles. The summed E-state index contributed by atoms with van der Waals surface area (Å²) >= 11 is 13.6. The molecule has 1 aromatic heterocycles. The maximum atomic E-state index is 11.0. The summed E-state index contributed by atoms with van der Waals surface area (Å²) < 4.78 is 5.61. The monoisotopic (exact) mass is 379 g/mol. The van der Waals surface area contributed by atoms with Gasteiger partial charge in [-0.1, -0.05) is 29.3 Å². The highest BCUT2D eigenvalue weighted by atomic mass is 35.5. The van der Waals surface area contributed by atoms with Gasteiger partial charge in [-0.2, -0.15) is 0 Å². The molecule has 122 valence electrons. The topological polar surface area (TPSA) is 59.4 Å². The molecule has 4 nitrogen and oxygen atoms in total. The van der Waals surface area contributed by atoms with E-state index in [2.05, 4.69) is 4.98 Å². The van der Waals surface area contributed by atoms with Crippen molar-refractivity contribution < 1.29 is 14.6 Å². The summed E-state index contributed by atoms with van der Waals surface area (Å²) in [7, 11) is 0. The number of hydrogen-bond acceptors (Lipinski definition) is 4. The lowest BCUT2D eigenvalue weighted by atomic mass is 10.2. The van der Waals surface area contributed by atoms with E-state index in [1.807, 2.05) is 5.38 Å². The molecule has 2 aromatic carbocycles. The summed E-state index contributed by atoms with van der Waals surface area (Å²) in [5.41, 5.74) is 1.67. The van der Waals surface area contributed by atoms with Crippen molar-refractivity contribution in [3.05, 3.63) is 68.5 Å². The van der Waals surface area contributed by atoms with Gasteiger partial charge in [0.15, 0.2) is 0 Å². The second-order valence-electron chi connectivity index (χ2n) is 4.87. The fourth-order valence-corrected chi connectivity index (χ4v) is 3.15. The Hall–Kier alpha value is -2.08. The van der Waals surface area contributed by atoms with Crippen LogP contribution < -0.4 is 4.74 Å². The first-order valence-corrected chi connectivity index (χ1v) is 8.52. The van der Waals surface area contributed by atoms with Crippen LogP contribution in [0.1, 0.15) is 15.4 Å². The zero-order valence-electron chi connectivity index (χ0n) is 12.2. The third kappa shape index (κ3) is 3.87. The number of nitrogens with zero attached hydrogens (tertiary/aromatic N) is 1. The standard InChI is InChI=1S/C17H11Cl2NO3S/c18-11-4-5-14(19)13(7-11)15-9-24-16(20-15)8-23-12-3-1-2-10(6-12)17(21)22/h1-7,9H,8H2,(H,21,22). The van der Waals surface area contributed by atoms with Crippen molar-refractivity contribution >= 4 is 40.5 Å². The maximum Gasteiger partial charge on any atom is 0.335 e. The van der Waals surface area contributed by atoms with Gasteiger partial charge in [0.1, 0.15) is 17.4 Å². The predicted octanol–water partition coefficient (Wildman–Crippen LogP) is 5.39. The zero-order valence-corrected chi connectivity index (χ0v) is 14.5. The van der Waals surface area contributed by atoms with Crippen LogP contribution in [0.4, 0.5) is 0 Å².